The van der Waals surface area contributed by atoms with E-state index in [1.54, 1.807) is 23.1 Å². The number of carbonyl (C=O) groups excluding carboxylic acids is 2. The zero-order valence-electron chi connectivity index (χ0n) is 16.6. The first-order valence-corrected chi connectivity index (χ1v) is 10.4. The normalized spacial score (nSPS) is 13.9. The first-order valence-electron chi connectivity index (χ1n) is 9.63. The van der Waals surface area contributed by atoms with Crippen LogP contribution >= 0.6 is 15.9 Å². The van der Waals surface area contributed by atoms with Gasteiger partial charge < -0.3 is 20.1 Å². The molecular weight excluding hydrogens is 436 g/mol. The lowest BCUT2D eigenvalue weighted by molar-refractivity contribution is -0.119. The molecule has 2 N–H and O–H groups in total. The Hall–Kier alpha value is -2.38. The molecule has 0 aliphatic carbocycles. The molecule has 1 aliphatic heterocycles. The molecule has 3 rings (SSSR count). The second-order valence-electron chi connectivity index (χ2n) is 7.49. The number of hydrogen-bond donors (Lipinski definition) is 1. The summed E-state index contributed by atoms with van der Waals surface area (Å²) in [4.78, 5) is 26.3. The predicted molar refractivity (Wildman–Crippen MR) is 115 cm³/mol. The first kappa shape index (κ1) is 21.3. The fourth-order valence-corrected chi connectivity index (χ4v) is 3.73. The van der Waals surface area contributed by atoms with Gasteiger partial charge in [-0.25, -0.2) is 4.79 Å². The number of carbonyl (C=O) groups is 2. The smallest absolute Gasteiger partial charge is 0.434 e. The Balaban J connectivity index is 1.61. The first-order chi connectivity index (χ1) is 13.8. The highest BCUT2D eigenvalue weighted by Crippen LogP contribution is 2.29. The van der Waals surface area contributed by atoms with Gasteiger partial charge in [-0.05, 0) is 48.1 Å². The molecule has 1 heterocycles. The summed E-state index contributed by atoms with van der Waals surface area (Å²) in [6, 6.07) is 12.4. The van der Waals surface area contributed by atoms with Crippen molar-refractivity contribution in [1.29, 1.82) is 0 Å². The molecule has 0 saturated heterocycles. The van der Waals surface area contributed by atoms with Crippen molar-refractivity contribution in [3.05, 3.63) is 58.1 Å². The minimum absolute atomic E-state index is 0.0977. The highest BCUT2D eigenvalue weighted by molar-refractivity contribution is 9.10. The Morgan fingerprint density at radius 2 is 1.97 bits per heavy atom. The molecule has 0 aromatic heterocycles. The minimum atomic E-state index is -0.738. The zero-order chi connectivity index (χ0) is 21.0. The van der Waals surface area contributed by atoms with Crippen molar-refractivity contribution in [3.8, 4) is 5.75 Å². The summed E-state index contributed by atoms with van der Waals surface area (Å²) in [5.74, 6) is 0.500. The van der Waals surface area contributed by atoms with Crippen LogP contribution in [0.4, 0.5) is 10.5 Å². The second-order valence-corrected chi connectivity index (χ2v) is 8.34. The Labute approximate surface area is 179 Å². The number of halogens is 1. The molecule has 154 valence electrons. The van der Waals surface area contributed by atoms with E-state index in [0.717, 1.165) is 22.1 Å². The molecule has 2 aromatic rings. The van der Waals surface area contributed by atoms with Gasteiger partial charge in [0.15, 0.2) is 0 Å². The van der Waals surface area contributed by atoms with Gasteiger partial charge in [-0.3, -0.25) is 4.79 Å². The number of nitrogens with zero attached hydrogens (tertiary/aromatic N) is 1. The van der Waals surface area contributed by atoms with Crippen LogP contribution in [0.3, 0.4) is 0 Å². The van der Waals surface area contributed by atoms with E-state index in [4.69, 9.17) is 15.2 Å². The molecule has 1 atom stereocenters. The monoisotopic (exact) mass is 460 g/mol. The lowest BCUT2D eigenvalue weighted by Crippen LogP contribution is -2.44. The summed E-state index contributed by atoms with van der Waals surface area (Å²) in [6.45, 7) is 4.85. The zero-order valence-corrected chi connectivity index (χ0v) is 18.1. The predicted octanol–water partition coefficient (Wildman–Crippen LogP) is 4.08. The van der Waals surface area contributed by atoms with Gasteiger partial charge >= 0.3 is 6.16 Å². The van der Waals surface area contributed by atoms with E-state index in [-0.39, 0.29) is 11.8 Å². The molecule has 2 aromatic carbocycles. The van der Waals surface area contributed by atoms with Gasteiger partial charge in [-0.1, -0.05) is 54.0 Å². The SMILES string of the molecule is CC(C)COC(=O)Oc1ccc(C[C@@H](N)C(=O)N2CCc3ccccc32)c(Br)c1. The summed E-state index contributed by atoms with van der Waals surface area (Å²) in [5, 5.41) is 0. The number of hydrogen-bond acceptors (Lipinski definition) is 5. The van der Waals surface area contributed by atoms with E-state index in [2.05, 4.69) is 15.9 Å². The van der Waals surface area contributed by atoms with Crippen molar-refractivity contribution in [2.24, 2.45) is 11.7 Å². The fraction of sp³-hybridized carbons (Fsp3) is 0.364. The number of rotatable bonds is 6. The highest BCUT2D eigenvalue weighted by Gasteiger charge is 2.28. The van der Waals surface area contributed by atoms with Gasteiger partial charge in [0.05, 0.1) is 12.6 Å². The van der Waals surface area contributed by atoms with E-state index in [1.807, 2.05) is 38.1 Å². The Kier molecular flexibility index (Phi) is 6.92. The molecule has 0 fully saturated rings. The number of nitrogens with two attached hydrogens (primary N) is 1. The maximum Gasteiger partial charge on any atom is 0.513 e. The summed E-state index contributed by atoms with van der Waals surface area (Å²) in [5.41, 5.74) is 9.19. The van der Waals surface area contributed by atoms with Crippen LogP contribution in [0.1, 0.15) is 25.0 Å². The van der Waals surface area contributed by atoms with Crippen LogP contribution in [-0.2, 0) is 22.4 Å². The van der Waals surface area contributed by atoms with Crippen LogP contribution < -0.4 is 15.4 Å². The number of anilines is 1. The molecule has 0 bridgehead atoms. The van der Waals surface area contributed by atoms with E-state index < -0.39 is 12.2 Å². The average Bonchev–Trinajstić information content (AvgIpc) is 3.12. The van der Waals surface area contributed by atoms with Crippen LogP contribution in [-0.4, -0.2) is 31.3 Å². The fourth-order valence-electron chi connectivity index (χ4n) is 3.21. The maximum absolute atomic E-state index is 12.9. The van der Waals surface area contributed by atoms with Gasteiger partial charge in [0, 0.05) is 16.7 Å². The van der Waals surface area contributed by atoms with E-state index in [9.17, 15) is 9.59 Å². The molecule has 0 spiro atoms. The van der Waals surface area contributed by atoms with Crippen molar-refractivity contribution < 1.29 is 19.1 Å². The molecule has 6 nitrogen and oxygen atoms in total. The third kappa shape index (κ3) is 5.36. The van der Waals surface area contributed by atoms with Crippen molar-refractivity contribution >= 4 is 33.7 Å². The van der Waals surface area contributed by atoms with Crippen molar-refractivity contribution in [3.63, 3.8) is 0 Å². The Bertz CT molecular complexity index is 900. The average molecular weight is 461 g/mol. The number of amides is 1. The molecule has 1 amide bonds. The largest absolute Gasteiger partial charge is 0.513 e. The van der Waals surface area contributed by atoms with Crippen LogP contribution in [0.2, 0.25) is 0 Å². The number of benzene rings is 2. The molecule has 0 unspecified atom stereocenters. The lowest BCUT2D eigenvalue weighted by Gasteiger charge is -2.22. The summed E-state index contributed by atoms with van der Waals surface area (Å²) < 4.78 is 10.9. The summed E-state index contributed by atoms with van der Waals surface area (Å²) >= 11 is 3.47. The van der Waals surface area contributed by atoms with Crippen LogP contribution in [0.5, 0.6) is 5.75 Å². The van der Waals surface area contributed by atoms with Gasteiger partial charge in [-0.2, -0.15) is 0 Å². The standard InChI is InChI=1S/C22H25BrN2O4/c1-14(2)13-28-22(27)29-17-8-7-16(18(23)12-17)11-19(24)21(26)25-10-9-15-5-3-4-6-20(15)25/h3-8,12,14,19H,9-11,13,24H2,1-2H3/t19-/m1/s1. The lowest BCUT2D eigenvalue weighted by atomic mass is 10.1. The summed E-state index contributed by atoms with van der Waals surface area (Å²) in [7, 11) is 0. The third-order valence-electron chi connectivity index (χ3n) is 4.67. The second kappa shape index (κ2) is 9.41. The molecule has 7 heteroatoms. The maximum atomic E-state index is 12.9. The minimum Gasteiger partial charge on any atom is -0.434 e. The van der Waals surface area contributed by atoms with Crippen molar-refractivity contribution in [1.82, 2.24) is 0 Å². The number of ether oxygens (including phenoxy) is 2. The number of fused-ring (bicyclic) bond motifs is 1. The van der Waals surface area contributed by atoms with E-state index >= 15 is 0 Å². The molecule has 0 radical (unpaired) electrons. The van der Waals surface area contributed by atoms with Crippen LogP contribution in [0, 0.1) is 5.92 Å². The van der Waals surface area contributed by atoms with E-state index in [1.165, 1.54) is 5.56 Å². The molecular formula is C22H25BrN2O4. The van der Waals surface area contributed by atoms with Crippen LogP contribution in [0.25, 0.3) is 0 Å². The van der Waals surface area contributed by atoms with Gasteiger partial charge in [0.2, 0.25) is 5.91 Å². The van der Waals surface area contributed by atoms with Gasteiger partial charge in [-0.15, -0.1) is 0 Å². The third-order valence-corrected chi connectivity index (χ3v) is 5.41. The Morgan fingerprint density at radius 1 is 1.21 bits per heavy atom. The quantitative estimate of drug-likeness (QED) is 0.518. The highest BCUT2D eigenvalue weighted by atomic mass is 79.9. The van der Waals surface area contributed by atoms with Gasteiger partial charge in [0.25, 0.3) is 0 Å². The summed E-state index contributed by atoms with van der Waals surface area (Å²) in [6.07, 6.45) is 0.478. The van der Waals surface area contributed by atoms with Crippen LogP contribution in [0.15, 0.2) is 46.9 Å². The topological polar surface area (TPSA) is 81.9 Å². The molecule has 29 heavy (non-hydrogen) atoms. The molecule has 0 saturated carbocycles. The van der Waals surface area contributed by atoms with E-state index in [0.29, 0.717) is 25.3 Å². The molecule has 1 aliphatic rings. The van der Waals surface area contributed by atoms with Crippen molar-refractivity contribution in [2.75, 3.05) is 18.1 Å². The Morgan fingerprint density at radius 3 is 2.69 bits per heavy atom. The van der Waals surface area contributed by atoms with Gasteiger partial charge in [0.1, 0.15) is 5.75 Å². The number of para-hydroxylation sites is 1. The van der Waals surface area contributed by atoms with Crippen molar-refractivity contribution in [2.45, 2.75) is 32.7 Å².